The van der Waals surface area contributed by atoms with E-state index in [-0.39, 0.29) is 5.91 Å². The molecule has 1 aliphatic rings. The lowest BCUT2D eigenvalue weighted by molar-refractivity contribution is -0.0513. The van der Waals surface area contributed by atoms with Gasteiger partial charge in [0.05, 0.1) is 0 Å². The molecule has 1 aliphatic heterocycles. The molecule has 1 atom stereocenters. The highest BCUT2D eigenvalue weighted by molar-refractivity contribution is 6.01. The zero-order valence-electron chi connectivity index (χ0n) is 16.4. The first kappa shape index (κ1) is 18.7. The fraction of sp³-hybridized carbons (Fsp3) is 0.292. The van der Waals surface area contributed by atoms with Crippen molar-refractivity contribution in [3.05, 3.63) is 83.4 Å². The Morgan fingerprint density at radius 1 is 0.893 bits per heavy atom. The molecule has 1 amide bonds. The number of hydrogen-bond donors (Lipinski definition) is 1. The SMILES string of the molecule is CCN(CC)CCN1C(=O)c2ccccc2C1(O)c1cccc2ccccc12. The molecule has 0 saturated carbocycles. The third kappa shape index (κ3) is 2.81. The van der Waals surface area contributed by atoms with Crippen molar-refractivity contribution in [1.82, 2.24) is 9.80 Å². The Balaban J connectivity index is 1.87. The molecule has 1 N–H and O–H groups in total. The Morgan fingerprint density at radius 2 is 1.54 bits per heavy atom. The highest BCUT2D eigenvalue weighted by atomic mass is 16.3. The number of likely N-dealkylation sites (N-methyl/N-ethyl adjacent to an activating group) is 1. The highest BCUT2D eigenvalue weighted by Gasteiger charge is 2.50. The van der Waals surface area contributed by atoms with Gasteiger partial charge < -0.3 is 14.9 Å². The van der Waals surface area contributed by atoms with Gasteiger partial charge in [-0.3, -0.25) is 4.79 Å². The average Bonchev–Trinajstić information content (AvgIpc) is 2.96. The normalized spacial score (nSPS) is 18.9. The van der Waals surface area contributed by atoms with Crippen LogP contribution in [0.15, 0.2) is 66.7 Å². The fourth-order valence-electron chi connectivity index (χ4n) is 4.28. The topological polar surface area (TPSA) is 43.8 Å². The van der Waals surface area contributed by atoms with E-state index in [0.717, 1.165) is 36.0 Å². The van der Waals surface area contributed by atoms with Gasteiger partial charge in [0.2, 0.25) is 0 Å². The van der Waals surface area contributed by atoms with Gasteiger partial charge in [-0.15, -0.1) is 0 Å². The van der Waals surface area contributed by atoms with Gasteiger partial charge in [-0.05, 0) is 29.9 Å². The van der Waals surface area contributed by atoms with Gasteiger partial charge >= 0.3 is 0 Å². The van der Waals surface area contributed by atoms with Gasteiger partial charge in [0.15, 0.2) is 5.72 Å². The van der Waals surface area contributed by atoms with Gasteiger partial charge in [0.25, 0.3) is 5.91 Å². The van der Waals surface area contributed by atoms with E-state index in [1.807, 2.05) is 66.7 Å². The smallest absolute Gasteiger partial charge is 0.257 e. The summed E-state index contributed by atoms with van der Waals surface area (Å²) in [6, 6.07) is 21.3. The van der Waals surface area contributed by atoms with Crippen LogP contribution >= 0.6 is 0 Å². The number of hydrogen-bond acceptors (Lipinski definition) is 3. The maximum atomic E-state index is 13.3. The largest absolute Gasteiger partial charge is 0.363 e. The van der Waals surface area contributed by atoms with Crippen molar-refractivity contribution in [2.75, 3.05) is 26.2 Å². The molecule has 4 heteroatoms. The van der Waals surface area contributed by atoms with Crippen LogP contribution in [0.1, 0.15) is 35.3 Å². The van der Waals surface area contributed by atoms with Gasteiger partial charge in [0.1, 0.15) is 0 Å². The van der Waals surface area contributed by atoms with E-state index in [9.17, 15) is 9.90 Å². The number of amides is 1. The van der Waals surface area contributed by atoms with Crippen molar-refractivity contribution in [3.8, 4) is 0 Å². The molecular formula is C24H26N2O2. The summed E-state index contributed by atoms with van der Waals surface area (Å²) < 4.78 is 0. The third-order valence-corrected chi connectivity index (χ3v) is 5.87. The Bertz CT molecular complexity index is 1010. The highest BCUT2D eigenvalue weighted by Crippen LogP contribution is 2.44. The van der Waals surface area contributed by atoms with Crippen LogP contribution in [0.25, 0.3) is 10.8 Å². The van der Waals surface area contributed by atoms with E-state index in [4.69, 9.17) is 0 Å². The minimum Gasteiger partial charge on any atom is -0.363 e. The van der Waals surface area contributed by atoms with Gasteiger partial charge in [-0.2, -0.15) is 0 Å². The van der Waals surface area contributed by atoms with E-state index < -0.39 is 5.72 Å². The molecule has 1 heterocycles. The number of carbonyl (C=O) groups excluding carboxylic acids is 1. The van der Waals surface area contributed by atoms with Crippen molar-refractivity contribution >= 4 is 16.7 Å². The van der Waals surface area contributed by atoms with Crippen LogP contribution in [0.5, 0.6) is 0 Å². The number of benzene rings is 3. The van der Waals surface area contributed by atoms with Crippen molar-refractivity contribution in [2.45, 2.75) is 19.6 Å². The van der Waals surface area contributed by atoms with E-state index in [2.05, 4.69) is 18.7 Å². The second-order valence-electron chi connectivity index (χ2n) is 7.23. The number of nitrogens with zero attached hydrogens (tertiary/aromatic N) is 2. The first-order chi connectivity index (χ1) is 13.6. The number of fused-ring (bicyclic) bond motifs is 2. The predicted molar refractivity (Wildman–Crippen MR) is 112 cm³/mol. The third-order valence-electron chi connectivity index (χ3n) is 5.87. The first-order valence-electron chi connectivity index (χ1n) is 9.95. The van der Waals surface area contributed by atoms with Crippen molar-refractivity contribution in [1.29, 1.82) is 0 Å². The first-order valence-corrected chi connectivity index (χ1v) is 9.95. The molecule has 4 rings (SSSR count). The summed E-state index contributed by atoms with van der Waals surface area (Å²) in [6.45, 7) is 7.24. The predicted octanol–water partition coefficient (Wildman–Crippen LogP) is 3.83. The lowest BCUT2D eigenvalue weighted by atomic mass is 9.90. The summed E-state index contributed by atoms with van der Waals surface area (Å²) in [4.78, 5) is 17.2. The second-order valence-corrected chi connectivity index (χ2v) is 7.23. The average molecular weight is 374 g/mol. The van der Waals surface area contributed by atoms with Crippen LogP contribution in [0.3, 0.4) is 0 Å². The lowest BCUT2D eigenvalue weighted by Crippen LogP contribution is -2.48. The van der Waals surface area contributed by atoms with Crippen molar-refractivity contribution in [2.24, 2.45) is 0 Å². The van der Waals surface area contributed by atoms with Crippen LogP contribution in [-0.4, -0.2) is 47.0 Å². The van der Waals surface area contributed by atoms with Crippen molar-refractivity contribution in [3.63, 3.8) is 0 Å². The number of rotatable bonds is 6. The molecule has 28 heavy (non-hydrogen) atoms. The Morgan fingerprint density at radius 3 is 2.32 bits per heavy atom. The Kier molecular flexibility index (Phi) is 4.92. The summed E-state index contributed by atoms with van der Waals surface area (Å²) >= 11 is 0. The summed E-state index contributed by atoms with van der Waals surface area (Å²) in [5.41, 5.74) is 0.527. The van der Waals surface area contributed by atoms with E-state index >= 15 is 0 Å². The second kappa shape index (κ2) is 7.38. The monoisotopic (exact) mass is 374 g/mol. The lowest BCUT2D eigenvalue weighted by Gasteiger charge is -2.36. The fourth-order valence-corrected chi connectivity index (χ4v) is 4.28. The molecule has 3 aromatic rings. The molecule has 1 unspecified atom stereocenters. The summed E-state index contributed by atoms with van der Waals surface area (Å²) in [7, 11) is 0. The molecule has 4 nitrogen and oxygen atoms in total. The standard InChI is InChI=1S/C24H26N2O2/c1-3-25(4-2)16-17-26-23(27)20-13-7-8-14-22(20)24(26,28)21-15-9-11-18-10-5-6-12-19(18)21/h5-15,28H,3-4,16-17H2,1-2H3. The zero-order valence-corrected chi connectivity index (χ0v) is 16.4. The van der Waals surface area contributed by atoms with Crippen LogP contribution < -0.4 is 0 Å². The number of aliphatic hydroxyl groups is 1. The molecule has 0 fully saturated rings. The van der Waals surface area contributed by atoms with Gasteiger partial charge in [0, 0.05) is 29.8 Å². The molecular weight excluding hydrogens is 348 g/mol. The molecule has 0 aliphatic carbocycles. The van der Waals surface area contributed by atoms with Gasteiger partial charge in [-0.25, -0.2) is 0 Å². The summed E-state index contributed by atoms with van der Waals surface area (Å²) in [5.74, 6) is -0.113. The summed E-state index contributed by atoms with van der Waals surface area (Å²) in [5, 5.41) is 14.1. The Labute approximate surface area is 166 Å². The van der Waals surface area contributed by atoms with E-state index in [1.165, 1.54) is 0 Å². The minimum absolute atomic E-state index is 0.113. The molecule has 0 aromatic heterocycles. The van der Waals surface area contributed by atoms with E-state index in [1.54, 1.807) is 4.90 Å². The Hall–Kier alpha value is -2.69. The number of carbonyl (C=O) groups is 1. The van der Waals surface area contributed by atoms with Crippen LogP contribution in [-0.2, 0) is 5.72 Å². The van der Waals surface area contributed by atoms with Crippen LogP contribution in [0.4, 0.5) is 0 Å². The maximum Gasteiger partial charge on any atom is 0.257 e. The molecule has 0 spiro atoms. The maximum absolute atomic E-state index is 13.3. The molecule has 144 valence electrons. The summed E-state index contributed by atoms with van der Waals surface area (Å²) in [6.07, 6.45) is 0. The minimum atomic E-state index is -1.47. The molecule has 0 saturated heterocycles. The molecule has 3 aromatic carbocycles. The van der Waals surface area contributed by atoms with Gasteiger partial charge in [-0.1, -0.05) is 74.5 Å². The molecule has 0 radical (unpaired) electrons. The quantitative estimate of drug-likeness (QED) is 0.713. The molecule has 0 bridgehead atoms. The zero-order chi connectivity index (χ0) is 19.7. The van der Waals surface area contributed by atoms with Crippen LogP contribution in [0, 0.1) is 0 Å². The van der Waals surface area contributed by atoms with E-state index in [0.29, 0.717) is 17.7 Å². The van der Waals surface area contributed by atoms with Crippen molar-refractivity contribution < 1.29 is 9.90 Å². The van der Waals surface area contributed by atoms with Crippen LogP contribution in [0.2, 0.25) is 0 Å².